The summed E-state index contributed by atoms with van der Waals surface area (Å²) in [5, 5.41) is 0.610. The van der Waals surface area contributed by atoms with E-state index in [2.05, 4.69) is 38.5 Å². The molecule has 0 saturated heterocycles. The largest absolute Gasteiger partial charge is 0.462 e. The molecule has 0 N–H and O–H groups in total. The standard InChI is InChI=1S/C9H7BrClIO2/c1-2-14-9(13)5-3-6(10)8(11)7(12)4-5/h3-4H,2H2,1H3. The van der Waals surface area contributed by atoms with E-state index in [1.54, 1.807) is 19.1 Å². The molecule has 0 atom stereocenters. The minimum atomic E-state index is -0.331. The fourth-order valence-electron chi connectivity index (χ4n) is 0.888. The minimum Gasteiger partial charge on any atom is -0.462 e. The SMILES string of the molecule is CCOC(=O)c1cc(Br)c(Cl)c(I)c1. The Labute approximate surface area is 109 Å². The second-order valence-corrected chi connectivity index (χ2v) is 4.87. The van der Waals surface area contributed by atoms with E-state index in [1.165, 1.54) is 0 Å². The van der Waals surface area contributed by atoms with E-state index in [4.69, 9.17) is 16.3 Å². The normalized spacial score (nSPS) is 10.0. The van der Waals surface area contributed by atoms with Crippen LogP contribution in [0, 0.1) is 3.57 Å². The molecular weight excluding hydrogens is 382 g/mol. The number of carbonyl (C=O) groups is 1. The first-order valence-corrected chi connectivity index (χ1v) is 6.13. The summed E-state index contributed by atoms with van der Waals surface area (Å²) >= 11 is 11.3. The quantitative estimate of drug-likeness (QED) is 0.436. The van der Waals surface area contributed by atoms with Gasteiger partial charge in [-0.25, -0.2) is 4.79 Å². The molecular formula is C9H7BrClIO2. The van der Waals surface area contributed by atoms with Crippen molar-refractivity contribution >= 4 is 56.1 Å². The van der Waals surface area contributed by atoms with Crippen molar-refractivity contribution < 1.29 is 9.53 Å². The van der Waals surface area contributed by atoms with Gasteiger partial charge < -0.3 is 4.74 Å². The first-order valence-electron chi connectivity index (χ1n) is 3.88. The van der Waals surface area contributed by atoms with Crippen LogP contribution in [0.3, 0.4) is 0 Å². The van der Waals surface area contributed by atoms with Crippen molar-refractivity contribution in [2.24, 2.45) is 0 Å². The number of halogens is 3. The van der Waals surface area contributed by atoms with Gasteiger partial charge in [0, 0.05) is 8.04 Å². The lowest BCUT2D eigenvalue weighted by Gasteiger charge is -2.05. The first-order chi connectivity index (χ1) is 6.56. The van der Waals surface area contributed by atoms with Crippen LogP contribution in [-0.2, 0) is 4.74 Å². The number of hydrogen-bond acceptors (Lipinski definition) is 2. The molecule has 5 heteroatoms. The summed E-state index contributed by atoms with van der Waals surface area (Å²) in [4.78, 5) is 11.4. The Bertz CT molecular complexity index is 345. The van der Waals surface area contributed by atoms with Gasteiger partial charge in [0.2, 0.25) is 0 Å². The number of benzene rings is 1. The average molecular weight is 389 g/mol. The van der Waals surface area contributed by atoms with Crippen molar-refractivity contribution in [1.82, 2.24) is 0 Å². The Morgan fingerprint density at radius 1 is 1.64 bits per heavy atom. The Kier molecular flexibility index (Phi) is 4.66. The predicted molar refractivity (Wildman–Crippen MR) is 67.8 cm³/mol. The minimum absolute atomic E-state index is 0.331. The summed E-state index contributed by atoms with van der Waals surface area (Å²) in [6.07, 6.45) is 0. The van der Waals surface area contributed by atoms with Gasteiger partial charge in [0.05, 0.1) is 17.2 Å². The highest BCUT2D eigenvalue weighted by atomic mass is 127. The van der Waals surface area contributed by atoms with E-state index >= 15 is 0 Å². The van der Waals surface area contributed by atoms with Gasteiger partial charge in [0.1, 0.15) is 0 Å². The van der Waals surface area contributed by atoms with Crippen LogP contribution in [0.25, 0.3) is 0 Å². The van der Waals surface area contributed by atoms with Crippen LogP contribution >= 0.6 is 50.1 Å². The molecule has 0 aromatic heterocycles. The highest BCUT2D eigenvalue weighted by Gasteiger charge is 2.11. The van der Waals surface area contributed by atoms with Gasteiger partial charge in [-0.3, -0.25) is 0 Å². The molecule has 1 aromatic rings. The van der Waals surface area contributed by atoms with E-state index in [-0.39, 0.29) is 5.97 Å². The Hall–Kier alpha value is 0.190. The van der Waals surface area contributed by atoms with Gasteiger partial charge in [-0.05, 0) is 57.6 Å². The van der Waals surface area contributed by atoms with Crippen LogP contribution in [0.5, 0.6) is 0 Å². The summed E-state index contributed by atoms with van der Waals surface area (Å²) in [5.74, 6) is -0.331. The molecule has 1 rings (SSSR count). The highest BCUT2D eigenvalue weighted by Crippen LogP contribution is 2.29. The maximum absolute atomic E-state index is 11.4. The first kappa shape index (κ1) is 12.3. The van der Waals surface area contributed by atoms with Crippen molar-refractivity contribution in [1.29, 1.82) is 0 Å². The molecule has 0 saturated carbocycles. The zero-order valence-corrected chi connectivity index (χ0v) is 11.8. The molecule has 0 radical (unpaired) electrons. The van der Waals surface area contributed by atoms with Gasteiger partial charge in [-0.15, -0.1) is 0 Å². The number of rotatable bonds is 2. The van der Waals surface area contributed by atoms with Gasteiger partial charge in [0.25, 0.3) is 0 Å². The van der Waals surface area contributed by atoms with Crippen molar-refractivity contribution in [2.75, 3.05) is 6.61 Å². The molecule has 14 heavy (non-hydrogen) atoms. The average Bonchev–Trinajstić information content (AvgIpc) is 2.13. The fraction of sp³-hybridized carbons (Fsp3) is 0.222. The summed E-state index contributed by atoms with van der Waals surface area (Å²) in [6, 6.07) is 3.36. The third kappa shape index (κ3) is 2.84. The van der Waals surface area contributed by atoms with E-state index in [0.29, 0.717) is 21.7 Å². The Morgan fingerprint density at radius 3 is 2.79 bits per heavy atom. The molecule has 0 fully saturated rings. The molecule has 0 unspecified atom stereocenters. The summed E-state index contributed by atoms with van der Waals surface area (Å²) < 4.78 is 6.40. The molecule has 0 aliphatic rings. The van der Waals surface area contributed by atoms with Gasteiger partial charge in [-0.2, -0.15) is 0 Å². The topological polar surface area (TPSA) is 26.3 Å². The number of hydrogen-bond donors (Lipinski definition) is 0. The van der Waals surface area contributed by atoms with Crippen LogP contribution < -0.4 is 0 Å². The summed E-state index contributed by atoms with van der Waals surface area (Å²) in [7, 11) is 0. The van der Waals surface area contributed by atoms with Gasteiger partial charge in [0.15, 0.2) is 0 Å². The lowest BCUT2D eigenvalue weighted by molar-refractivity contribution is 0.0526. The molecule has 76 valence electrons. The molecule has 0 heterocycles. The third-order valence-electron chi connectivity index (χ3n) is 1.49. The fourth-order valence-corrected chi connectivity index (χ4v) is 2.45. The monoisotopic (exact) mass is 388 g/mol. The lowest BCUT2D eigenvalue weighted by atomic mass is 10.2. The molecule has 0 aliphatic carbocycles. The van der Waals surface area contributed by atoms with Crippen LogP contribution in [0.2, 0.25) is 5.02 Å². The molecule has 0 aliphatic heterocycles. The predicted octanol–water partition coefficient (Wildman–Crippen LogP) is 3.88. The number of carbonyl (C=O) groups excluding carboxylic acids is 1. The number of ether oxygens (including phenoxy) is 1. The molecule has 2 nitrogen and oxygen atoms in total. The second kappa shape index (κ2) is 5.32. The maximum atomic E-state index is 11.4. The Morgan fingerprint density at radius 2 is 2.29 bits per heavy atom. The van der Waals surface area contributed by atoms with Crippen LogP contribution in [0.4, 0.5) is 0 Å². The van der Waals surface area contributed by atoms with E-state index in [1.807, 2.05) is 0 Å². The van der Waals surface area contributed by atoms with E-state index in [0.717, 1.165) is 3.57 Å². The lowest BCUT2D eigenvalue weighted by Crippen LogP contribution is -2.05. The van der Waals surface area contributed by atoms with Crippen LogP contribution in [-0.4, -0.2) is 12.6 Å². The smallest absolute Gasteiger partial charge is 0.338 e. The van der Waals surface area contributed by atoms with Crippen LogP contribution in [0.1, 0.15) is 17.3 Å². The van der Waals surface area contributed by atoms with Crippen molar-refractivity contribution in [3.05, 3.63) is 30.8 Å². The molecule has 0 spiro atoms. The van der Waals surface area contributed by atoms with E-state index < -0.39 is 0 Å². The van der Waals surface area contributed by atoms with E-state index in [9.17, 15) is 4.79 Å². The zero-order chi connectivity index (χ0) is 10.7. The Balaban J connectivity index is 3.06. The van der Waals surface area contributed by atoms with Crippen molar-refractivity contribution in [3.8, 4) is 0 Å². The van der Waals surface area contributed by atoms with Crippen LogP contribution in [0.15, 0.2) is 16.6 Å². The molecule has 1 aromatic carbocycles. The second-order valence-electron chi connectivity index (χ2n) is 2.47. The highest BCUT2D eigenvalue weighted by molar-refractivity contribution is 14.1. The zero-order valence-electron chi connectivity index (χ0n) is 7.31. The molecule has 0 amide bonds. The molecule has 0 bridgehead atoms. The van der Waals surface area contributed by atoms with Crippen molar-refractivity contribution in [2.45, 2.75) is 6.92 Å². The summed E-state index contributed by atoms with van der Waals surface area (Å²) in [5.41, 5.74) is 0.507. The number of esters is 1. The third-order valence-corrected chi connectivity index (χ3v) is 3.93. The summed E-state index contributed by atoms with van der Waals surface area (Å²) in [6.45, 7) is 2.14. The van der Waals surface area contributed by atoms with Gasteiger partial charge in [-0.1, -0.05) is 11.6 Å². The maximum Gasteiger partial charge on any atom is 0.338 e. The van der Waals surface area contributed by atoms with Crippen molar-refractivity contribution in [3.63, 3.8) is 0 Å². The van der Waals surface area contributed by atoms with Gasteiger partial charge >= 0.3 is 5.97 Å².